The first-order chi connectivity index (χ1) is 8.15. The maximum atomic E-state index is 11.0. The summed E-state index contributed by atoms with van der Waals surface area (Å²) in [7, 11) is 0. The summed E-state index contributed by atoms with van der Waals surface area (Å²) in [5, 5.41) is 6.82. The highest BCUT2D eigenvalue weighted by molar-refractivity contribution is 5.93. The number of carbonyl (C=O) groups excluding carboxylic acids is 1. The molecule has 17 heavy (non-hydrogen) atoms. The van der Waals surface area contributed by atoms with Crippen molar-refractivity contribution in [3.63, 3.8) is 0 Å². The molecule has 0 unspecified atom stereocenters. The van der Waals surface area contributed by atoms with Crippen LogP contribution in [-0.4, -0.2) is 16.0 Å². The molecular formula is C11H12N4O2. The van der Waals surface area contributed by atoms with E-state index in [0.29, 0.717) is 23.8 Å². The molecule has 3 N–H and O–H groups in total. The van der Waals surface area contributed by atoms with Crippen LogP contribution in [0.25, 0.3) is 0 Å². The standard InChI is InChI=1S/C11H12N4O2/c1-7-14-10(15-17-7)6-13-9-4-2-3-8(5-9)11(12)16/h2-5,13H,6H2,1H3,(H2,12,16). The number of carbonyl (C=O) groups is 1. The molecule has 0 bridgehead atoms. The quantitative estimate of drug-likeness (QED) is 0.822. The number of hydrogen-bond donors (Lipinski definition) is 2. The Bertz CT molecular complexity index is 536. The normalized spacial score (nSPS) is 10.2. The molecule has 1 heterocycles. The molecule has 0 aliphatic heterocycles. The second-order valence-electron chi connectivity index (χ2n) is 3.53. The summed E-state index contributed by atoms with van der Waals surface area (Å²) in [5.74, 6) is 0.628. The van der Waals surface area contributed by atoms with Gasteiger partial charge in [-0.2, -0.15) is 4.98 Å². The molecule has 0 aliphatic carbocycles. The van der Waals surface area contributed by atoms with Gasteiger partial charge in [-0.15, -0.1) is 0 Å². The first-order valence-electron chi connectivity index (χ1n) is 5.08. The van der Waals surface area contributed by atoms with Crippen LogP contribution in [0.3, 0.4) is 0 Å². The van der Waals surface area contributed by atoms with E-state index in [0.717, 1.165) is 5.69 Å². The largest absolute Gasteiger partial charge is 0.378 e. The molecule has 0 atom stereocenters. The van der Waals surface area contributed by atoms with Gasteiger partial charge in [-0.05, 0) is 18.2 Å². The van der Waals surface area contributed by atoms with Gasteiger partial charge in [0.25, 0.3) is 0 Å². The maximum Gasteiger partial charge on any atom is 0.248 e. The Hall–Kier alpha value is -2.37. The van der Waals surface area contributed by atoms with Gasteiger partial charge in [0.2, 0.25) is 11.8 Å². The number of anilines is 1. The van der Waals surface area contributed by atoms with E-state index < -0.39 is 5.91 Å². The second-order valence-corrected chi connectivity index (χ2v) is 3.53. The molecule has 0 aliphatic rings. The summed E-state index contributed by atoms with van der Waals surface area (Å²) in [6.07, 6.45) is 0. The SMILES string of the molecule is Cc1nc(CNc2cccc(C(N)=O)c2)no1. The molecule has 1 aromatic carbocycles. The third kappa shape index (κ3) is 2.81. The second kappa shape index (κ2) is 4.65. The zero-order valence-corrected chi connectivity index (χ0v) is 9.30. The van der Waals surface area contributed by atoms with Gasteiger partial charge < -0.3 is 15.6 Å². The first-order valence-corrected chi connectivity index (χ1v) is 5.08. The molecule has 88 valence electrons. The Morgan fingerprint density at radius 2 is 2.35 bits per heavy atom. The van der Waals surface area contributed by atoms with E-state index in [9.17, 15) is 4.79 Å². The zero-order chi connectivity index (χ0) is 12.3. The predicted molar refractivity (Wildman–Crippen MR) is 61.3 cm³/mol. The molecule has 2 aromatic rings. The highest BCUT2D eigenvalue weighted by Crippen LogP contribution is 2.11. The van der Waals surface area contributed by atoms with Crippen LogP contribution in [0.2, 0.25) is 0 Å². The molecular weight excluding hydrogens is 220 g/mol. The number of amides is 1. The van der Waals surface area contributed by atoms with E-state index in [2.05, 4.69) is 15.5 Å². The van der Waals surface area contributed by atoms with Gasteiger partial charge in [0.1, 0.15) is 0 Å². The van der Waals surface area contributed by atoms with Crippen molar-refractivity contribution in [3.8, 4) is 0 Å². The summed E-state index contributed by atoms with van der Waals surface area (Å²) in [6, 6.07) is 6.92. The van der Waals surface area contributed by atoms with Crippen LogP contribution in [-0.2, 0) is 6.54 Å². The van der Waals surface area contributed by atoms with E-state index in [1.165, 1.54) is 0 Å². The van der Waals surface area contributed by atoms with Crippen LogP contribution >= 0.6 is 0 Å². The van der Waals surface area contributed by atoms with Gasteiger partial charge in [-0.1, -0.05) is 11.2 Å². The zero-order valence-electron chi connectivity index (χ0n) is 9.30. The number of rotatable bonds is 4. The van der Waals surface area contributed by atoms with E-state index in [-0.39, 0.29) is 0 Å². The Morgan fingerprint density at radius 1 is 1.53 bits per heavy atom. The van der Waals surface area contributed by atoms with Crippen molar-refractivity contribution < 1.29 is 9.32 Å². The molecule has 6 heteroatoms. The summed E-state index contributed by atoms with van der Waals surface area (Å²) in [5.41, 5.74) is 6.43. The smallest absolute Gasteiger partial charge is 0.248 e. The molecule has 0 saturated carbocycles. The Balaban J connectivity index is 2.04. The summed E-state index contributed by atoms with van der Waals surface area (Å²) < 4.78 is 4.84. The number of nitrogens with zero attached hydrogens (tertiary/aromatic N) is 2. The van der Waals surface area contributed by atoms with Crippen molar-refractivity contribution in [1.29, 1.82) is 0 Å². The van der Waals surface area contributed by atoms with Gasteiger partial charge >= 0.3 is 0 Å². The minimum Gasteiger partial charge on any atom is -0.378 e. The van der Waals surface area contributed by atoms with Crippen LogP contribution in [0.15, 0.2) is 28.8 Å². The van der Waals surface area contributed by atoms with Gasteiger partial charge in [-0.25, -0.2) is 0 Å². The molecule has 1 amide bonds. The van der Waals surface area contributed by atoms with Gasteiger partial charge in [0.15, 0.2) is 5.82 Å². The van der Waals surface area contributed by atoms with E-state index in [1.54, 1.807) is 25.1 Å². The number of nitrogens with two attached hydrogens (primary N) is 1. The van der Waals surface area contributed by atoms with Crippen molar-refractivity contribution in [2.45, 2.75) is 13.5 Å². The molecule has 0 spiro atoms. The summed E-state index contributed by atoms with van der Waals surface area (Å²) >= 11 is 0. The Kier molecular flexibility index (Phi) is 3.04. The third-order valence-electron chi connectivity index (χ3n) is 2.17. The van der Waals surface area contributed by atoms with Crippen LogP contribution in [0, 0.1) is 6.92 Å². The fourth-order valence-electron chi connectivity index (χ4n) is 1.38. The van der Waals surface area contributed by atoms with Crippen molar-refractivity contribution in [3.05, 3.63) is 41.5 Å². The average Bonchev–Trinajstić information content (AvgIpc) is 2.73. The lowest BCUT2D eigenvalue weighted by Crippen LogP contribution is -2.11. The lowest BCUT2D eigenvalue weighted by Gasteiger charge is -2.04. The van der Waals surface area contributed by atoms with Crippen LogP contribution < -0.4 is 11.1 Å². The topological polar surface area (TPSA) is 94.0 Å². The highest BCUT2D eigenvalue weighted by Gasteiger charge is 2.03. The number of aryl methyl sites for hydroxylation is 1. The van der Waals surface area contributed by atoms with E-state index in [1.807, 2.05) is 6.07 Å². The molecule has 0 fully saturated rings. The number of benzene rings is 1. The van der Waals surface area contributed by atoms with Crippen molar-refractivity contribution >= 4 is 11.6 Å². The van der Waals surface area contributed by atoms with E-state index >= 15 is 0 Å². The van der Waals surface area contributed by atoms with Crippen molar-refractivity contribution in [2.75, 3.05) is 5.32 Å². The average molecular weight is 232 g/mol. The maximum absolute atomic E-state index is 11.0. The van der Waals surface area contributed by atoms with Crippen LogP contribution in [0.1, 0.15) is 22.1 Å². The van der Waals surface area contributed by atoms with Gasteiger partial charge in [0.05, 0.1) is 6.54 Å². The Labute approximate surface area is 97.8 Å². The molecule has 0 radical (unpaired) electrons. The molecule has 2 rings (SSSR count). The number of primary amides is 1. The first kappa shape index (κ1) is 11.1. The Morgan fingerprint density at radius 3 is 3.00 bits per heavy atom. The van der Waals surface area contributed by atoms with Crippen LogP contribution in [0.4, 0.5) is 5.69 Å². The van der Waals surface area contributed by atoms with Gasteiger partial charge in [-0.3, -0.25) is 4.79 Å². The molecule has 1 aromatic heterocycles. The lowest BCUT2D eigenvalue weighted by atomic mass is 10.2. The fraction of sp³-hybridized carbons (Fsp3) is 0.182. The van der Waals surface area contributed by atoms with Crippen LogP contribution in [0.5, 0.6) is 0 Å². The van der Waals surface area contributed by atoms with E-state index in [4.69, 9.17) is 10.3 Å². The van der Waals surface area contributed by atoms with Crippen molar-refractivity contribution in [1.82, 2.24) is 10.1 Å². The highest BCUT2D eigenvalue weighted by atomic mass is 16.5. The lowest BCUT2D eigenvalue weighted by molar-refractivity contribution is 0.100. The minimum atomic E-state index is -0.455. The fourth-order valence-corrected chi connectivity index (χ4v) is 1.38. The number of hydrogen-bond acceptors (Lipinski definition) is 5. The molecule has 0 saturated heterocycles. The molecule has 6 nitrogen and oxygen atoms in total. The monoisotopic (exact) mass is 232 g/mol. The summed E-state index contributed by atoms with van der Waals surface area (Å²) in [4.78, 5) is 15.0. The minimum absolute atomic E-state index is 0.430. The number of nitrogens with one attached hydrogen (secondary N) is 1. The van der Waals surface area contributed by atoms with Gasteiger partial charge in [0, 0.05) is 18.2 Å². The number of aromatic nitrogens is 2. The third-order valence-corrected chi connectivity index (χ3v) is 2.17. The van der Waals surface area contributed by atoms with Crippen molar-refractivity contribution in [2.24, 2.45) is 5.73 Å². The predicted octanol–water partition coefficient (Wildman–Crippen LogP) is 1.09. The summed E-state index contributed by atoms with van der Waals surface area (Å²) in [6.45, 7) is 2.16.